The van der Waals surface area contributed by atoms with Crippen LogP contribution >= 0.6 is 0 Å². The van der Waals surface area contributed by atoms with E-state index in [-0.39, 0.29) is 5.56 Å². The molecule has 0 spiro atoms. The molecule has 1 atom stereocenters. The Morgan fingerprint density at radius 3 is 2.38 bits per heavy atom. The first kappa shape index (κ1) is 24.7. The first-order valence-electron chi connectivity index (χ1n) is 10.3. The maximum Gasteiger partial charge on any atom is 0.408 e. The molecule has 0 saturated carbocycles. The maximum atomic E-state index is 12.5. The number of ether oxygens (including phenoxy) is 1. The van der Waals surface area contributed by atoms with E-state index >= 15 is 0 Å². The highest BCUT2D eigenvalue weighted by molar-refractivity contribution is 5.97. The quantitative estimate of drug-likeness (QED) is 0.524. The molecule has 10 heteroatoms. The van der Waals surface area contributed by atoms with E-state index in [1.807, 2.05) is 19.9 Å². The molecule has 174 valence electrons. The van der Waals surface area contributed by atoms with Crippen molar-refractivity contribution in [1.82, 2.24) is 10.6 Å². The van der Waals surface area contributed by atoms with Gasteiger partial charge in [-0.25, -0.2) is 14.4 Å². The predicted octanol–water partition coefficient (Wildman–Crippen LogP) is 2.35. The fourth-order valence-electron chi connectivity index (χ4n) is 2.98. The monoisotopic (exact) mass is 447 g/mol. The molecule has 0 aliphatic carbocycles. The number of hydrogen-bond acceptors (Lipinski definition) is 7. The molecule has 0 aliphatic heterocycles. The summed E-state index contributed by atoms with van der Waals surface area (Å²) in [6, 6.07) is 5.28. The number of rotatable bonds is 8. The molecule has 32 heavy (non-hydrogen) atoms. The third kappa shape index (κ3) is 6.47. The second-order valence-electron chi connectivity index (χ2n) is 8.09. The third-order valence-corrected chi connectivity index (χ3v) is 4.55. The van der Waals surface area contributed by atoms with Crippen LogP contribution in [0.1, 0.15) is 45.0 Å². The Labute approximate surface area is 185 Å². The molecule has 0 saturated heterocycles. The summed E-state index contributed by atoms with van der Waals surface area (Å²) in [6.07, 6.45) is -0.937. The average molecular weight is 447 g/mol. The number of aliphatic carboxylic acids is 1. The van der Waals surface area contributed by atoms with Crippen LogP contribution < -0.4 is 21.2 Å². The highest BCUT2D eigenvalue weighted by atomic mass is 16.6. The van der Waals surface area contributed by atoms with Gasteiger partial charge in [-0.05, 0) is 52.8 Å². The van der Waals surface area contributed by atoms with Gasteiger partial charge in [-0.3, -0.25) is 4.79 Å². The maximum absolute atomic E-state index is 12.5. The van der Waals surface area contributed by atoms with Crippen molar-refractivity contribution in [2.24, 2.45) is 0 Å². The smallest absolute Gasteiger partial charge is 0.408 e. The van der Waals surface area contributed by atoms with Crippen LogP contribution in [0.3, 0.4) is 0 Å². The van der Waals surface area contributed by atoms with E-state index in [9.17, 15) is 24.3 Å². The number of carboxylic acid groups (broad SMARTS) is 1. The average Bonchev–Trinajstić information content (AvgIpc) is 2.69. The van der Waals surface area contributed by atoms with Gasteiger partial charge in [0.1, 0.15) is 22.8 Å². The number of hydrogen-bond donors (Lipinski definition) is 3. The van der Waals surface area contributed by atoms with Gasteiger partial charge >= 0.3 is 17.7 Å². The zero-order valence-electron chi connectivity index (χ0n) is 18.9. The number of carboxylic acids is 1. The number of carbonyl (C=O) groups excluding carboxylic acids is 2. The minimum absolute atomic E-state index is 0.269. The van der Waals surface area contributed by atoms with Gasteiger partial charge in [0.05, 0.1) is 0 Å². The number of nitrogens with one attached hydrogen (secondary N) is 2. The number of nitrogens with zero attached hydrogens (tertiary/aromatic N) is 1. The summed E-state index contributed by atoms with van der Waals surface area (Å²) < 4.78 is 10.3. The number of amides is 2. The first-order chi connectivity index (χ1) is 14.9. The molecule has 0 radical (unpaired) electrons. The van der Waals surface area contributed by atoms with Crippen molar-refractivity contribution < 1.29 is 28.6 Å². The van der Waals surface area contributed by atoms with Crippen molar-refractivity contribution in [3.05, 3.63) is 40.2 Å². The minimum Gasteiger partial charge on any atom is -0.480 e. The molecule has 10 nitrogen and oxygen atoms in total. The summed E-state index contributed by atoms with van der Waals surface area (Å²) in [5, 5.41) is 14.4. The van der Waals surface area contributed by atoms with E-state index in [1.165, 1.54) is 6.07 Å². The molecular weight excluding hydrogens is 418 g/mol. The van der Waals surface area contributed by atoms with Crippen LogP contribution in [0.2, 0.25) is 0 Å². The SMILES string of the molecule is CCN(CC)c1ccc2cc(C(=O)NCC(NC(=O)OC(C)(C)C)C(=O)O)c(=O)oc2c1. The molecule has 1 heterocycles. The van der Waals surface area contributed by atoms with Gasteiger partial charge < -0.3 is 29.8 Å². The Bertz CT molecular complexity index is 1050. The van der Waals surface area contributed by atoms with E-state index in [4.69, 9.17) is 9.15 Å². The van der Waals surface area contributed by atoms with Crippen molar-refractivity contribution >= 4 is 34.6 Å². The lowest BCUT2D eigenvalue weighted by Crippen LogP contribution is -2.50. The van der Waals surface area contributed by atoms with Crippen LogP contribution in [0.15, 0.2) is 33.5 Å². The molecule has 0 bridgehead atoms. The van der Waals surface area contributed by atoms with E-state index in [0.29, 0.717) is 11.0 Å². The molecular formula is C22H29N3O7. The van der Waals surface area contributed by atoms with Crippen LogP contribution in [0.4, 0.5) is 10.5 Å². The second kappa shape index (κ2) is 10.2. The zero-order valence-corrected chi connectivity index (χ0v) is 18.9. The van der Waals surface area contributed by atoms with Crippen LogP contribution in [-0.4, -0.2) is 54.4 Å². The summed E-state index contributed by atoms with van der Waals surface area (Å²) in [4.78, 5) is 50.2. The number of carbonyl (C=O) groups is 3. The number of fused-ring (bicyclic) bond motifs is 1. The minimum atomic E-state index is -1.45. The lowest BCUT2D eigenvalue weighted by Gasteiger charge is -2.22. The van der Waals surface area contributed by atoms with Gasteiger partial charge in [0.15, 0.2) is 0 Å². The van der Waals surface area contributed by atoms with Crippen LogP contribution in [0.25, 0.3) is 11.0 Å². The highest BCUT2D eigenvalue weighted by Crippen LogP contribution is 2.22. The van der Waals surface area contributed by atoms with Crippen LogP contribution in [0, 0.1) is 0 Å². The van der Waals surface area contributed by atoms with Crippen molar-refractivity contribution in [3.8, 4) is 0 Å². The normalized spacial score (nSPS) is 12.2. The standard InChI is InChI=1S/C22H29N3O7/c1-6-25(7-2)14-9-8-13-10-15(20(29)31-17(13)11-14)18(26)23-12-16(19(27)28)24-21(30)32-22(3,4)5/h8-11,16H,6-7,12H2,1-5H3,(H,23,26)(H,24,30)(H,27,28). The highest BCUT2D eigenvalue weighted by Gasteiger charge is 2.25. The summed E-state index contributed by atoms with van der Waals surface area (Å²) in [5.41, 5.74) is -0.703. The molecule has 0 aliphatic rings. The second-order valence-corrected chi connectivity index (χ2v) is 8.09. The van der Waals surface area contributed by atoms with Crippen molar-refractivity contribution in [3.63, 3.8) is 0 Å². The number of alkyl carbamates (subject to hydrolysis) is 1. The number of anilines is 1. The van der Waals surface area contributed by atoms with E-state index < -0.39 is 41.8 Å². The summed E-state index contributed by atoms with van der Waals surface area (Å²) in [6.45, 7) is 10.0. The summed E-state index contributed by atoms with van der Waals surface area (Å²) >= 11 is 0. The van der Waals surface area contributed by atoms with E-state index in [2.05, 4.69) is 15.5 Å². The van der Waals surface area contributed by atoms with Gasteiger partial charge in [-0.1, -0.05) is 0 Å². The third-order valence-electron chi connectivity index (χ3n) is 4.55. The first-order valence-corrected chi connectivity index (χ1v) is 10.3. The zero-order chi connectivity index (χ0) is 24.1. The van der Waals surface area contributed by atoms with E-state index in [1.54, 1.807) is 32.9 Å². The molecule has 1 aromatic heterocycles. The predicted molar refractivity (Wildman–Crippen MR) is 119 cm³/mol. The summed E-state index contributed by atoms with van der Waals surface area (Å²) in [7, 11) is 0. The molecule has 0 fully saturated rings. The van der Waals surface area contributed by atoms with Gasteiger partial charge in [-0.2, -0.15) is 0 Å². The van der Waals surface area contributed by atoms with Crippen LogP contribution in [-0.2, 0) is 9.53 Å². The van der Waals surface area contributed by atoms with Gasteiger partial charge in [0.2, 0.25) is 0 Å². The van der Waals surface area contributed by atoms with Gasteiger partial charge in [0, 0.05) is 36.8 Å². The molecule has 1 unspecified atom stereocenters. The van der Waals surface area contributed by atoms with Crippen molar-refractivity contribution in [2.75, 3.05) is 24.5 Å². The van der Waals surface area contributed by atoms with Gasteiger partial charge in [-0.15, -0.1) is 0 Å². The van der Waals surface area contributed by atoms with Gasteiger partial charge in [0.25, 0.3) is 5.91 Å². The largest absolute Gasteiger partial charge is 0.480 e. The Balaban J connectivity index is 2.16. The molecule has 2 rings (SSSR count). The summed E-state index contributed by atoms with van der Waals surface area (Å²) in [5.74, 6) is -2.18. The lowest BCUT2D eigenvalue weighted by molar-refractivity contribution is -0.139. The number of benzene rings is 1. The fourth-order valence-corrected chi connectivity index (χ4v) is 2.98. The van der Waals surface area contributed by atoms with Crippen molar-refractivity contribution in [1.29, 1.82) is 0 Å². The Hall–Kier alpha value is -3.56. The molecule has 3 N–H and O–H groups in total. The molecule has 2 amide bonds. The Morgan fingerprint density at radius 2 is 1.81 bits per heavy atom. The lowest BCUT2D eigenvalue weighted by atomic mass is 10.1. The molecule has 2 aromatic rings. The molecule has 1 aromatic carbocycles. The van der Waals surface area contributed by atoms with Crippen LogP contribution in [0.5, 0.6) is 0 Å². The Kier molecular flexibility index (Phi) is 7.85. The van der Waals surface area contributed by atoms with E-state index in [0.717, 1.165) is 18.8 Å². The fraction of sp³-hybridized carbons (Fsp3) is 0.455. The van der Waals surface area contributed by atoms with Crippen molar-refractivity contribution in [2.45, 2.75) is 46.3 Å². The Morgan fingerprint density at radius 1 is 1.16 bits per heavy atom. The topological polar surface area (TPSA) is 138 Å².